The molecular weight excluding hydrogens is 228 g/mol. The van der Waals surface area contributed by atoms with Gasteiger partial charge in [-0.15, -0.1) is 0 Å². The van der Waals surface area contributed by atoms with Crippen LogP contribution in [0.1, 0.15) is 39.5 Å². The average Bonchev–Trinajstić information content (AvgIpc) is 2.35. The maximum Gasteiger partial charge on any atom is 0.319 e. The summed E-state index contributed by atoms with van der Waals surface area (Å²) in [5.41, 5.74) is 0. The number of rotatable bonds is 6. The van der Waals surface area contributed by atoms with Crippen molar-refractivity contribution >= 4 is 5.97 Å². The Morgan fingerprint density at radius 1 is 1.44 bits per heavy atom. The van der Waals surface area contributed by atoms with E-state index in [2.05, 4.69) is 30.7 Å². The zero-order valence-electron chi connectivity index (χ0n) is 12.3. The van der Waals surface area contributed by atoms with Crippen LogP contribution in [0.4, 0.5) is 0 Å². The number of hydrogen-bond acceptors (Lipinski definition) is 4. The van der Waals surface area contributed by atoms with Crippen molar-refractivity contribution in [1.29, 1.82) is 0 Å². The molecule has 0 bridgehead atoms. The minimum absolute atomic E-state index is 0.138. The second kappa shape index (κ2) is 7.74. The number of ether oxygens (including phenoxy) is 1. The van der Waals surface area contributed by atoms with Crippen LogP contribution in [0, 0.1) is 0 Å². The lowest BCUT2D eigenvalue weighted by atomic mass is 10.00. The summed E-state index contributed by atoms with van der Waals surface area (Å²) >= 11 is 0. The topological polar surface area (TPSA) is 32.8 Å². The first-order valence-electron chi connectivity index (χ1n) is 7.05. The standard InChI is InChI=1S/C14H28N2O2/c1-12(2)16(11-14(17)18-4)10-8-13-7-5-6-9-15(13)3/h12-13H,5-11H2,1-4H3. The fourth-order valence-corrected chi connectivity index (χ4v) is 2.57. The maximum atomic E-state index is 11.4. The van der Waals surface area contributed by atoms with Crippen LogP contribution in [-0.2, 0) is 9.53 Å². The second-order valence-electron chi connectivity index (χ2n) is 5.56. The lowest BCUT2D eigenvalue weighted by molar-refractivity contribution is -0.142. The predicted molar refractivity (Wildman–Crippen MR) is 73.6 cm³/mol. The molecule has 1 fully saturated rings. The molecule has 0 aromatic heterocycles. The molecule has 0 radical (unpaired) electrons. The van der Waals surface area contributed by atoms with Crippen molar-refractivity contribution in [2.24, 2.45) is 0 Å². The third-order valence-electron chi connectivity index (χ3n) is 3.96. The number of methoxy groups -OCH3 is 1. The van der Waals surface area contributed by atoms with E-state index in [0.717, 1.165) is 13.0 Å². The Bertz CT molecular complexity index is 256. The zero-order chi connectivity index (χ0) is 13.5. The summed E-state index contributed by atoms with van der Waals surface area (Å²) in [4.78, 5) is 16.0. The molecular formula is C14H28N2O2. The molecule has 0 aliphatic carbocycles. The first-order valence-corrected chi connectivity index (χ1v) is 7.05. The molecule has 0 N–H and O–H groups in total. The Morgan fingerprint density at radius 3 is 2.72 bits per heavy atom. The van der Waals surface area contributed by atoms with E-state index in [1.807, 2.05) is 0 Å². The average molecular weight is 256 g/mol. The van der Waals surface area contributed by atoms with Gasteiger partial charge in [-0.05, 0) is 46.7 Å². The number of hydrogen-bond donors (Lipinski definition) is 0. The summed E-state index contributed by atoms with van der Waals surface area (Å²) in [7, 11) is 3.67. The first kappa shape index (κ1) is 15.4. The Hall–Kier alpha value is -0.610. The molecule has 0 saturated carbocycles. The number of esters is 1. The monoisotopic (exact) mass is 256 g/mol. The summed E-state index contributed by atoms with van der Waals surface area (Å²) in [5.74, 6) is -0.138. The van der Waals surface area contributed by atoms with Crippen LogP contribution < -0.4 is 0 Å². The first-order chi connectivity index (χ1) is 8.54. The van der Waals surface area contributed by atoms with Gasteiger partial charge >= 0.3 is 5.97 Å². The highest BCUT2D eigenvalue weighted by Gasteiger charge is 2.21. The Balaban J connectivity index is 2.38. The third kappa shape index (κ3) is 4.94. The molecule has 4 heteroatoms. The van der Waals surface area contributed by atoms with Crippen LogP contribution in [-0.4, -0.2) is 61.6 Å². The van der Waals surface area contributed by atoms with Crippen LogP contribution in [0.15, 0.2) is 0 Å². The van der Waals surface area contributed by atoms with E-state index in [0.29, 0.717) is 18.6 Å². The lowest BCUT2D eigenvalue weighted by Gasteiger charge is -2.34. The molecule has 0 aromatic rings. The highest BCUT2D eigenvalue weighted by atomic mass is 16.5. The molecule has 1 heterocycles. The van der Waals surface area contributed by atoms with Gasteiger partial charge in [0.2, 0.25) is 0 Å². The van der Waals surface area contributed by atoms with Gasteiger partial charge in [0.05, 0.1) is 13.7 Å². The number of carbonyl (C=O) groups is 1. The largest absolute Gasteiger partial charge is 0.468 e. The van der Waals surface area contributed by atoms with Gasteiger partial charge in [0, 0.05) is 18.6 Å². The van der Waals surface area contributed by atoms with Crippen molar-refractivity contribution in [3.63, 3.8) is 0 Å². The van der Waals surface area contributed by atoms with E-state index in [1.54, 1.807) is 0 Å². The van der Waals surface area contributed by atoms with E-state index < -0.39 is 0 Å². The fraction of sp³-hybridized carbons (Fsp3) is 0.929. The molecule has 4 nitrogen and oxygen atoms in total. The molecule has 18 heavy (non-hydrogen) atoms. The molecule has 1 aliphatic rings. The SMILES string of the molecule is COC(=O)CN(CCC1CCCCN1C)C(C)C. The Kier molecular flexibility index (Phi) is 6.65. The van der Waals surface area contributed by atoms with Crippen LogP contribution in [0.3, 0.4) is 0 Å². The predicted octanol–water partition coefficient (Wildman–Crippen LogP) is 1.74. The number of nitrogens with zero attached hydrogens (tertiary/aromatic N) is 2. The van der Waals surface area contributed by atoms with Gasteiger partial charge in [0.1, 0.15) is 0 Å². The van der Waals surface area contributed by atoms with Gasteiger partial charge < -0.3 is 9.64 Å². The minimum Gasteiger partial charge on any atom is -0.468 e. The van der Waals surface area contributed by atoms with E-state index >= 15 is 0 Å². The van der Waals surface area contributed by atoms with E-state index in [9.17, 15) is 4.79 Å². The van der Waals surface area contributed by atoms with Crippen molar-refractivity contribution in [2.45, 2.75) is 51.6 Å². The summed E-state index contributed by atoms with van der Waals surface area (Å²) < 4.78 is 4.75. The van der Waals surface area contributed by atoms with Crippen LogP contribution in [0.2, 0.25) is 0 Å². The van der Waals surface area contributed by atoms with Crippen molar-refractivity contribution in [2.75, 3.05) is 33.8 Å². The smallest absolute Gasteiger partial charge is 0.319 e. The van der Waals surface area contributed by atoms with Crippen LogP contribution in [0.25, 0.3) is 0 Å². The number of likely N-dealkylation sites (tertiary alicyclic amines) is 1. The highest BCUT2D eigenvalue weighted by molar-refractivity contribution is 5.71. The molecule has 0 spiro atoms. The summed E-state index contributed by atoms with van der Waals surface area (Å²) in [6.45, 7) is 6.86. The minimum atomic E-state index is -0.138. The van der Waals surface area contributed by atoms with Gasteiger partial charge in [0.25, 0.3) is 0 Å². The third-order valence-corrected chi connectivity index (χ3v) is 3.96. The lowest BCUT2D eigenvalue weighted by Crippen LogP contribution is -2.42. The van der Waals surface area contributed by atoms with Gasteiger partial charge in [0.15, 0.2) is 0 Å². The van der Waals surface area contributed by atoms with Crippen molar-refractivity contribution < 1.29 is 9.53 Å². The number of carbonyl (C=O) groups excluding carboxylic acids is 1. The van der Waals surface area contributed by atoms with E-state index in [-0.39, 0.29) is 5.97 Å². The molecule has 1 aliphatic heterocycles. The summed E-state index contributed by atoms with van der Waals surface area (Å²) in [6.07, 6.45) is 5.10. The fourth-order valence-electron chi connectivity index (χ4n) is 2.57. The van der Waals surface area contributed by atoms with Crippen molar-refractivity contribution in [3.05, 3.63) is 0 Å². The van der Waals surface area contributed by atoms with Gasteiger partial charge in [-0.2, -0.15) is 0 Å². The highest BCUT2D eigenvalue weighted by Crippen LogP contribution is 2.18. The summed E-state index contributed by atoms with van der Waals surface area (Å²) in [5, 5.41) is 0. The normalized spacial score (nSPS) is 21.6. The molecule has 1 saturated heterocycles. The Labute approximate surface area is 111 Å². The zero-order valence-corrected chi connectivity index (χ0v) is 12.3. The summed E-state index contributed by atoms with van der Waals surface area (Å²) in [6, 6.07) is 1.07. The molecule has 1 atom stereocenters. The number of piperidine rings is 1. The molecule has 0 amide bonds. The maximum absolute atomic E-state index is 11.4. The van der Waals surface area contributed by atoms with E-state index in [1.165, 1.54) is 32.9 Å². The van der Waals surface area contributed by atoms with Crippen molar-refractivity contribution in [1.82, 2.24) is 9.80 Å². The molecule has 1 rings (SSSR count). The van der Waals surface area contributed by atoms with Gasteiger partial charge in [-0.3, -0.25) is 9.69 Å². The van der Waals surface area contributed by atoms with Crippen LogP contribution >= 0.6 is 0 Å². The van der Waals surface area contributed by atoms with Crippen LogP contribution in [0.5, 0.6) is 0 Å². The van der Waals surface area contributed by atoms with Gasteiger partial charge in [-0.1, -0.05) is 6.42 Å². The molecule has 106 valence electrons. The van der Waals surface area contributed by atoms with Crippen molar-refractivity contribution in [3.8, 4) is 0 Å². The quantitative estimate of drug-likeness (QED) is 0.678. The molecule has 0 aromatic carbocycles. The van der Waals surface area contributed by atoms with E-state index in [4.69, 9.17) is 4.74 Å². The second-order valence-corrected chi connectivity index (χ2v) is 5.56. The van der Waals surface area contributed by atoms with Gasteiger partial charge in [-0.25, -0.2) is 0 Å². The Morgan fingerprint density at radius 2 is 2.17 bits per heavy atom. The molecule has 1 unspecified atom stereocenters.